The molecule has 76 valence electrons. The molecule has 0 amide bonds. The van der Waals surface area contributed by atoms with Gasteiger partial charge in [0.25, 0.3) is 0 Å². The summed E-state index contributed by atoms with van der Waals surface area (Å²) in [5.74, 6) is -0.0370. The van der Waals surface area contributed by atoms with E-state index >= 15 is 0 Å². The van der Waals surface area contributed by atoms with Gasteiger partial charge in [0.15, 0.2) is 0 Å². The number of rotatable bonds is 2. The molecule has 0 atom stereocenters. The molecule has 0 bridgehead atoms. The molecule has 0 saturated carbocycles. The van der Waals surface area contributed by atoms with Gasteiger partial charge in [-0.3, -0.25) is 0 Å². The van der Waals surface area contributed by atoms with Crippen LogP contribution in [0, 0.1) is 0 Å². The third-order valence-electron chi connectivity index (χ3n) is 1.21. The van der Waals surface area contributed by atoms with E-state index in [1.807, 2.05) is 6.07 Å². The molecule has 14 heavy (non-hydrogen) atoms. The van der Waals surface area contributed by atoms with E-state index in [-0.39, 0.29) is 5.97 Å². The Morgan fingerprint density at radius 2 is 2.07 bits per heavy atom. The van der Waals surface area contributed by atoms with Crippen LogP contribution < -0.4 is 0 Å². The normalized spacial score (nSPS) is 8.07. The molecule has 0 aliphatic rings. The minimum absolute atomic E-state index is 0.322. The minimum atomic E-state index is -0.359. The van der Waals surface area contributed by atoms with Crippen molar-refractivity contribution in [1.29, 1.82) is 0 Å². The van der Waals surface area contributed by atoms with Crippen molar-refractivity contribution in [3.05, 3.63) is 43.0 Å². The maximum absolute atomic E-state index is 10.1. The molecule has 1 aromatic carbocycles. The molecule has 0 unspecified atom stereocenters. The summed E-state index contributed by atoms with van der Waals surface area (Å²) in [5, 5.41) is 8.63. The molecule has 1 rings (SSSR count). The fourth-order valence-corrected chi connectivity index (χ4v) is 0.629. The highest BCUT2D eigenvalue weighted by Crippen LogP contribution is 2.02. The zero-order chi connectivity index (χ0) is 10.8. The fourth-order valence-electron chi connectivity index (χ4n) is 0.629. The van der Waals surface area contributed by atoms with Gasteiger partial charge in [-0.05, 0) is 19.1 Å². The van der Waals surface area contributed by atoms with Crippen molar-refractivity contribution in [2.24, 2.45) is 0 Å². The molecule has 0 aliphatic heterocycles. The molecule has 0 aromatic heterocycles. The summed E-state index contributed by atoms with van der Waals surface area (Å²) < 4.78 is 4.43. The van der Waals surface area contributed by atoms with Gasteiger partial charge in [-0.1, -0.05) is 24.8 Å². The summed E-state index contributed by atoms with van der Waals surface area (Å²) in [6, 6.07) is 8.71. The average Bonchev–Trinajstić information content (AvgIpc) is 2.20. The minimum Gasteiger partial charge on any atom is -0.508 e. The number of aromatic hydroxyl groups is 1. The van der Waals surface area contributed by atoms with Gasteiger partial charge in [0, 0.05) is 6.08 Å². The molecule has 0 spiro atoms. The van der Waals surface area contributed by atoms with Gasteiger partial charge in [0.2, 0.25) is 0 Å². The van der Waals surface area contributed by atoms with E-state index in [4.69, 9.17) is 5.11 Å². The van der Waals surface area contributed by atoms with Crippen molar-refractivity contribution in [2.45, 2.75) is 6.92 Å². The van der Waals surface area contributed by atoms with E-state index in [0.29, 0.717) is 12.4 Å². The van der Waals surface area contributed by atoms with Crippen LogP contribution in [0.15, 0.2) is 43.0 Å². The van der Waals surface area contributed by atoms with E-state index in [1.165, 1.54) is 0 Å². The lowest BCUT2D eigenvalue weighted by molar-refractivity contribution is -0.137. The van der Waals surface area contributed by atoms with Crippen LogP contribution >= 0.6 is 0 Å². The number of para-hydroxylation sites is 1. The van der Waals surface area contributed by atoms with Gasteiger partial charge >= 0.3 is 5.97 Å². The lowest BCUT2D eigenvalue weighted by atomic mass is 10.3. The van der Waals surface area contributed by atoms with Crippen molar-refractivity contribution < 1.29 is 14.6 Å². The lowest BCUT2D eigenvalue weighted by Gasteiger charge is -1.90. The SMILES string of the molecule is C=CC(=O)OCC.Oc1ccccc1. The van der Waals surface area contributed by atoms with Crippen LogP contribution in [0.5, 0.6) is 5.75 Å². The average molecular weight is 194 g/mol. The summed E-state index contributed by atoms with van der Waals surface area (Å²) >= 11 is 0. The van der Waals surface area contributed by atoms with Gasteiger partial charge in [0.05, 0.1) is 6.61 Å². The van der Waals surface area contributed by atoms with E-state index in [2.05, 4.69) is 11.3 Å². The molecule has 0 fully saturated rings. The second-order valence-corrected chi connectivity index (χ2v) is 2.29. The summed E-state index contributed by atoms with van der Waals surface area (Å²) in [5.41, 5.74) is 0. The Bertz CT molecular complexity index is 267. The van der Waals surface area contributed by atoms with E-state index < -0.39 is 0 Å². The number of phenolic OH excluding ortho intramolecular Hbond substituents is 1. The number of benzene rings is 1. The monoisotopic (exact) mass is 194 g/mol. The lowest BCUT2D eigenvalue weighted by Crippen LogP contribution is -1.97. The van der Waals surface area contributed by atoms with E-state index in [0.717, 1.165) is 6.08 Å². The largest absolute Gasteiger partial charge is 0.508 e. The molecular formula is C11H14O3. The molecule has 1 N–H and O–H groups in total. The van der Waals surface area contributed by atoms with Crippen LogP contribution in [0.4, 0.5) is 0 Å². The van der Waals surface area contributed by atoms with Crippen LogP contribution in [0.2, 0.25) is 0 Å². The maximum Gasteiger partial charge on any atom is 0.330 e. The molecule has 3 nitrogen and oxygen atoms in total. The summed E-state index contributed by atoms with van der Waals surface area (Å²) in [6.45, 7) is 5.38. The zero-order valence-electron chi connectivity index (χ0n) is 8.14. The predicted molar refractivity (Wildman–Crippen MR) is 54.9 cm³/mol. The van der Waals surface area contributed by atoms with Crippen LogP contribution in [0.3, 0.4) is 0 Å². The summed E-state index contributed by atoms with van der Waals surface area (Å²) in [6.07, 6.45) is 1.14. The summed E-state index contributed by atoms with van der Waals surface area (Å²) in [4.78, 5) is 10.1. The van der Waals surface area contributed by atoms with Crippen molar-refractivity contribution in [1.82, 2.24) is 0 Å². The third kappa shape index (κ3) is 6.91. The molecule has 0 aliphatic carbocycles. The Kier molecular flexibility index (Phi) is 6.86. The van der Waals surface area contributed by atoms with E-state index in [1.54, 1.807) is 31.2 Å². The van der Waals surface area contributed by atoms with Gasteiger partial charge < -0.3 is 9.84 Å². The highest BCUT2D eigenvalue weighted by atomic mass is 16.5. The second kappa shape index (κ2) is 7.86. The molecule has 0 saturated heterocycles. The predicted octanol–water partition coefficient (Wildman–Crippen LogP) is 2.13. The van der Waals surface area contributed by atoms with Crippen LogP contribution in [0.25, 0.3) is 0 Å². The maximum atomic E-state index is 10.1. The first-order valence-corrected chi connectivity index (χ1v) is 4.24. The van der Waals surface area contributed by atoms with Gasteiger partial charge in [-0.25, -0.2) is 4.79 Å². The fraction of sp³-hybridized carbons (Fsp3) is 0.182. The second-order valence-electron chi connectivity index (χ2n) is 2.29. The van der Waals surface area contributed by atoms with Gasteiger partial charge in [-0.2, -0.15) is 0 Å². The van der Waals surface area contributed by atoms with E-state index in [9.17, 15) is 4.79 Å². The number of ether oxygens (including phenoxy) is 1. The zero-order valence-corrected chi connectivity index (χ0v) is 8.14. The Morgan fingerprint density at radius 1 is 1.50 bits per heavy atom. The van der Waals surface area contributed by atoms with Crippen LogP contribution in [0.1, 0.15) is 6.92 Å². The smallest absolute Gasteiger partial charge is 0.330 e. The first kappa shape index (κ1) is 12.2. The molecule has 1 aromatic rings. The van der Waals surface area contributed by atoms with Crippen molar-refractivity contribution in [3.8, 4) is 5.75 Å². The van der Waals surface area contributed by atoms with Crippen molar-refractivity contribution in [2.75, 3.05) is 6.61 Å². The Hall–Kier alpha value is -1.77. The number of carbonyl (C=O) groups excluding carboxylic acids is 1. The Balaban J connectivity index is 0.000000241. The molecule has 0 radical (unpaired) electrons. The number of hydrogen-bond acceptors (Lipinski definition) is 3. The number of phenols is 1. The highest BCUT2D eigenvalue weighted by molar-refractivity contribution is 5.81. The first-order chi connectivity index (χ1) is 6.70. The quantitative estimate of drug-likeness (QED) is 0.579. The molecule has 3 heteroatoms. The Morgan fingerprint density at radius 3 is 2.29 bits per heavy atom. The number of esters is 1. The molecular weight excluding hydrogens is 180 g/mol. The number of hydrogen-bond donors (Lipinski definition) is 1. The Labute approximate surface area is 83.6 Å². The summed E-state index contributed by atoms with van der Waals surface area (Å²) in [7, 11) is 0. The standard InChI is InChI=1S/C6H6O.C5H8O2/c7-6-4-2-1-3-5-6;1-3-5(6)7-4-2/h1-5,7H;3H,1,4H2,2H3. The van der Waals surface area contributed by atoms with Crippen LogP contribution in [-0.4, -0.2) is 17.7 Å². The van der Waals surface area contributed by atoms with Crippen molar-refractivity contribution >= 4 is 5.97 Å². The highest BCUT2D eigenvalue weighted by Gasteiger charge is 1.86. The third-order valence-corrected chi connectivity index (χ3v) is 1.21. The topological polar surface area (TPSA) is 46.5 Å². The first-order valence-electron chi connectivity index (χ1n) is 4.24. The van der Waals surface area contributed by atoms with Gasteiger partial charge in [0.1, 0.15) is 5.75 Å². The number of carbonyl (C=O) groups is 1. The van der Waals surface area contributed by atoms with Crippen LogP contribution in [-0.2, 0) is 9.53 Å². The van der Waals surface area contributed by atoms with Crippen molar-refractivity contribution in [3.63, 3.8) is 0 Å². The molecule has 0 heterocycles. The van der Waals surface area contributed by atoms with Gasteiger partial charge in [-0.15, -0.1) is 0 Å².